The number of rotatable bonds is 2. The average Bonchev–Trinajstić information content (AvgIpc) is 3.20. The van der Waals surface area contributed by atoms with E-state index in [9.17, 15) is 17.6 Å². The number of halogens is 4. The van der Waals surface area contributed by atoms with Crippen molar-refractivity contribution < 1.29 is 17.6 Å². The highest BCUT2D eigenvalue weighted by atomic mass is 19.4. The SMILES string of the molecule is Cn1ccc(-c2cc(C(F)(F)F)c3cnn(-c4ccc(F)cc4)c3n2)n1. The monoisotopic (exact) mass is 361 g/mol. The molecular weight excluding hydrogens is 350 g/mol. The van der Waals surface area contributed by atoms with Crippen LogP contribution in [0.5, 0.6) is 0 Å². The summed E-state index contributed by atoms with van der Waals surface area (Å²) in [6, 6.07) is 7.79. The minimum atomic E-state index is -4.58. The summed E-state index contributed by atoms with van der Waals surface area (Å²) in [7, 11) is 1.66. The molecule has 5 nitrogen and oxygen atoms in total. The predicted octanol–water partition coefficient (Wildman–Crippen LogP) is 3.98. The third-order valence-corrected chi connectivity index (χ3v) is 3.89. The highest BCUT2D eigenvalue weighted by Crippen LogP contribution is 2.36. The molecule has 0 atom stereocenters. The molecule has 0 spiro atoms. The third-order valence-electron chi connectivity index (χ3n) is 3.89. The number of nitrogens with zero attached hydrogens (tertiary/aromatic N) is 5. The Labute approximate surface area is 144 Å². The molecule has 26 heavy (non-hydrogen) atoms. The van der Waals surface area contributed by atoms with Crippen LogP contribution in [-0.2, 0) is 13.2 Å². The first-order chi connectivity index (χ1) is 12.3. The molecule has 4 aromatic rings. The van der Waals surface area contributed by atoms with Gasteiger partial charge in [-0.15, -0.1) is 0 Å². The fourth-order valence-corrected chi connectivity index (χ4v) is 2.69. The second-order valence-electron chi connectivity index (χ2n) is 5.70. The largest absolute Gasteiger partial charge is 0.417 e. The van der Waals surface area contributed by atoms with E-state index in [0.717, 1.165) is 12.3 Å². The van der Waals surface area contributed by atoms with Gasteiger partial charge in [-0.25, -0.2) is 14.1 Å². The van der Waals surface area contributed by atoms with Crippen LogP contribution in [0.25, 0.3) is 28.1 Å². The standard InChI is InChI=1S/C17H11F4N5/c1-25-7-6-14(24-25)15-8-13(17(19,20)21)12-9-22-26(16(12)23-15)11-4-2-10(18)3-5-11/h2-9H,1H3. The lowest BCUT2D eigenvalue weighted by atomic mass is 10.1. The van der Waals surface area contributed by atoms with Gasteiger partial charge in [-0.1, -0.05) is 0 Å². The lowest BCUT2D eigenvalue weighted by molar-refractivity contribution is -0.136. The molecule has 0 N–H and O–H groups in total. The zero-order valence-corrected chi connectivity index (χ0v) is 13.4. The summed E-state index contributed by atoms with van der Waals surface area (Å²) in [5.74, 6) is -0.455. The molecule has 1 aromatic carbocycles. The molecule has 0 aliphatic heterocycles. The van der Waals surface area contributed by atoms with Gasteiger partial charge in [0.25, 0.3) is 0 Å². The van der Waals surface area contributed by atoms with Gasteiger partial charge in [0.1, 0.15) is 11.5 Å². The molecule has 0 radical (unpaired) electrons. The molecule has 4 rings (SSSR count). The molecule has 0 unspecified atom stereocenters. The fourth-order valence-electron chi connectivity index (χ4n) is 2.69. The van der Waals surface area contributed by atoms with Crippen LogP contribution in [0, 0.1) is 5.82 Å². The minimum Gasteiger partial charge on any atom is -0.275 e. The maximum Gasteiger partial charge on any atom is 0.417 e. The van der Waals surface area contributed by atoms with Gasteiger partial charge in [0, 0.05) is 13.2 Å². The number of hydrogen-bond acceptors (Lipinski definition) is 3. The molecule has 0 saturated heterocycles. The normalized spacial score (nSPS) is 12.0. The first kappa shape index (κ1) is 16.2. The predicted molar refractivity (Wildman–Crippen MR) is 86.0 cm³/mol. The molecule has 0 fully saturated rings. The van der Waals surface area contributed by atoms with E-state index in [1.807, 2.05) is 0 Å². The number of fused-ring (bicyclic) bond motifs is 1. The first-order valence-electron chi connectivity index (χ1n) is 7.55. The summed E-state index contributed by atoms with van der Waals surface area (Å²) in [5.41, 5.74) is -0.0372. The van der Waals surface area contributed by atoms with Crippen LogP contribution < -0.4 is 0 Å². The van der Waals surface area contributed by atoms with E-state index < -0.39 is 17.6 Å². The van der Waals surface area contributed by atoms with Crippen LogP contribution in [0.15, 0.2) is 48.8 Å². The first-order valence-corrected chi connectivity index (χ1v) is 7.55. The van der Waals surface area contributed by atoms with Crippen molar-refractivity contribution in [1.29, 1.82) is 0 Å². The van der Waals surface area contributed by atoms with Gasteiger partial charge < -0.3 is 0 Å². The Morgan fingerprint density at radius 1 is 1.00 bits per heavy atom. The maximum absolute atomic E-state index is 13.5. The Bertz CT molecular complexity index is 1090. The van der Waals surface area contributed by atoms with E-state index in [0.29, 0.717) is 11.4 Å². The van der Waals surface area contributed by atoms with E-state index in [4.69, 9.17) is 0 Å². The molecule has 132 valence electrons. The van der Waals surface area contributed by atoms with Gasteiger partial charge in [0.2, 0.25) is 0 Å². The van der Waals surface area contributed by atoms with Crippen LogP contribution in [0.2, 0.25) is 0 Å². The minimum absolute atomic E-state index is 0.0205. The van der Waals surface area contributed by atoms with E-state index >= 15 is 0 Å². The summed E-state index contributed by atoms with van der Waals surface area (Å²) in [6.07, 6.45) is -1.86. The molecule has 0 bridgehead atoms. The Kier molecular flexibility index (Phi) is 3.53. The summed E-state index contributed by atoms with van der Waals surface area (Å²) >= 11 is 0. The molecule has 0 aliphatic carbocycles. The van der Waals surface area contributed by atoms with Gasteiger partial charge in [0.15, 0.2) is 5.65 Å². The Balaban J connectivity index is 2.00. The van der Waals surface area contributed by atoms with E-state index in [1.54, 1.807) is 19.3 Å². The zero-order chi connectivity index (χ0) is 18.5. The van der Waals surface area contributed by atoms with E-state index in [-0.39, 0.29) is 16.7 Å². The van der Waals surface area contributed by atoms with Crippen molar-refractivity contribution in [2.45, 2.75) is 6.18 Å². The van der Waals surface area contributed by atoms with Crippen LogP contribution in [0.3, 0.4) is 0 Å². The summed E-state index contributed by atoms with van der Waals surface area (Å²) < 4.78 is 56.5. The summed E-state index contributed by atoms with van der Waals surface area (Å²) in [4.78, 5) is 4.32. The van der Waals surface area contributed by atoms with Crippen molar-refractivity contribution >= 4 is 11.0 Å². The number of aromatic nitrogens is 5. The van der Waals surface area contributed by atoms with E-state index in [2.05, 4.69) is 15.2 Å². The van der Waals surface area contributed by atoms with Gasteiger partial charge in [-0.3, -0.25) is 4.68 Å². The fraction of sp³-hybridized carbons (Fsp3) is 0.118. The number of pyridine rings is 1. The number of alkyl halides is 3. The molecule has 0 saturated carbocycles. The van der Waals surface area contributed by atoms with Crippen molar-refractivity contribution in [3.8, 4) is 17.1 Å². The molecule has 3 heterocycles. The van der Waals surface area contributed by atoms with Gasteiger partial charge in [-0.2, -0.15) is 23.4 Å². The number of aryl methyl sites for hydroxylation is 1. The average molecular weight is 361 g/mol. The van der Waals surface area contributed by atoms with Crippen LogP contribution >= 0.6 is 0 Å². The van der Waals surface area contributed by atoms with Crippen LogP contribution in [-0.4, -0.2) is 24.5 Å². The number of benzene rings is 1. The van der Waals surface area contributed by atoms with Gasteiger partial charge in [-0.05, 0) is 36.4 Å². The Morgan fingerprint density at radius 2 is 1.73 bits per heavy atom. The lowest BCUT2D eigenvalue weighted by Gasteiger charge is -2.10. The second-order valence-corrected chi connectivity index (χ2v) is 5.70. The molecule has 3 aromatic heterocycles. The van der Waals surface area contributed by atoms with Crippen molar-refractivity contribution in [3.63, 3.8) is 0 Å². The number of hydrogen-bond donors (Lipinski definition) is 0. The van der Waals surface area contributed by atoms with Crippen molar-refractivity contribution in [2.24, 2.45) is 7.05 Å². The summed E-state index contributed by atoms with van der Waals surface area (Å²) in [6.45, 7) is 0. The van der Waals surface area contributed by atoms with Crippen LogP contribution in [0.4, 0.5) is 17.6 Å². The Morgan fingerprint density at radius 3 is 2.35 bits per heavy atom. The van der Waals surface area contributed by atoms with Crippen molar-refractivity contribution in [3.05, 3.63) is 60.2 Å². The van der Waals surface area contributed by atoms with Gasteiger partial charge in [0.05, 0.1) is 28.5 Å². The highest BCUT2D eigenvalue weighted by Gasteiger charge is 2.35. The van der Waals surface area contributed by atoms with E-state index in [1.165, 1.54) is 33.6 Å². The molecule has 9 heteroatoms. The third kappa shape index (κ3) is 2.71. The zero-order valence-electron chi connectivity index (χ0n) is 13.4. The van der Waals surface area contributed by atoms with Crippen LogP contribution in [0.1, 0.15) is 5.56 Å². The molecule has 0 amide bonds. The van der Waals surface area contributed by atoms with Crippen molar-refractivity contribution in [2.75, 3.05) is 0 Å². The lowest BCUT2D eigenvalue weighted by Crippen LogP contribution is -2.08. The molecular formula is C17H11F4N5. The quantitative estimate of drug-likeness (QED) is 0.508. The smallest absolute Gasteiger partial charge is 0.275 e. The maximum atomic E-state index is 13.5. The second kappa shape index (κ2) is 5.65. The topological polar surface area (TPSA) is 48.5 Å². The summed E-state index contributed by atoms with van der Waals surface area (Å²) in [5, 5.41) is 7.99. The Hall–Kier alpha value is -3.23. The van der Waals surface area contributed by atoms with Gasteiger partial charge >= 0.3 is 6.18 Å². The highest BCUT2D eigenvalue weighted by molar-refractivity contribution is 5.83. The van der Waals surface area contributed by atoms with Crippen molar-refractivity contribution in [1.82, 2.24) is 24.5 Å². The molecule has 0 aliphatic rings.